The summed E-state index contributed by atoms with van der Waals surface area (Å²) in [6.45, 7) is 6.02. The van der Waals surface area contributed by atoms with E-state index >= 15 is 0 Å². The first-order valence-corrected chi connectivity index (χ1v) is 10.9. The van der Waals surface area contributed by atoms with Crippen molar-refractivity contribution in [2.45, 2.75) is 38.8 Å². The van der Waals surface area contributed by atoms with Crippen LogP contribution >= 0.6 is 0 Å². The largest absolute Gasteiger partial charge is 0.415 e. The van der Waals surface area contributed by atoms with Crippen LogP contribution in [0.1, 0.15) is 15.9 Å². The Morgan fingerprint density at radius 1 is 1.29 bits per heavy atom. The highest BCUT2D eigenvalue weighted by molar-refractivity contribution is 6.69. The normalized spacial score (nSPS) is 13.2. The van der Waals surface area contributed by atoms with E-state index in [2.05, 4.69) is 5.92 Å². The lowest BCUT2D eigenvalue weighted by Crippen LogP contribution is -2.49. The third-order valence-corrected chi connectivity index (χ3v) is 4.11. The van der Waals surface area contributed by atoms with Crippen LogP contribution in [0.3, 0.4) is 0 Å². The van der Waals surface area contributed by atoms with Crippen LogP contribution in [-0.4, -0.2) is 44.5 Å². The van der Waals surface area contributed by atoms with Gasteiger partial charge in [-0.2, -0.15) is 13.2 Å². The Kier molecular flexibility index (Phi) is 6.64. The number of carbonyl (C=O) groups excluding carboxylic acids is 1. The molecule has 0 saturated heterocycles. The standard InChI is InChI=1S/C17H22F3NO2Si/c1-6-11-21(16(22)14-9-7-13(2)8-10-14)12-15(17(18,19)20)23-24(3,4)5/h1,7-10,15H,11-12H2,2-5H3. The summed E-state index contributed by atoms with van der Waals surface area (Å²) in [6.07, 6.45) is -1.39. The maximum absolute atomic E-state index is 13.3. The van der Waals surface area contributed by atoms with Gasteiger partial charge in [0.25, 0.3) is 5.91 Å². The summed E-state index contributed by atoms with van der Waals surface area (Å²) in [6, 6.07) is 6.59. The summed E-state index contributed by atoms with van der Waals surface area (Å²) in [7, 11) is -2.45. The highest BCUT2D eigenvalue weighted by atomic mass is 28.4. The number of carbonyl (C=O) groups is 1. The van der Waals surface area contributed by atoms with Crippen LogP contribution in [0.5, 0.6) is 0 Å². The average Bonchev–Trinajstić information content (AvgIpc) is 2.43. The predicted molar refractivity (Wildman–Crippen MR) is 90.2 cm³/mol. The highest BCUT2D eigenvalue weighted by Crippen LogP contribution is 2.27. The zero-order valence-corrected chi connectivity index (χ0v) is 15.3. The van der Waals surface area contributed by atoms with Gasteiger partial charge >= 0.3 is 6.18 Å². The number of rotatable bonds is 6. The number of alkyl halides is 3. The number of hydrogen-bond donors (Lipinski definition) is 0. The first-order chi connectivity index (χ1) is 10.9. The first-order valence-electron chi connectivity index (χ1n) is 7.48. The van der Waals surface area contributed by atoms with Crippen LogP contribution in [-0.2, 0) is 4.43 Å². The molecule has 132 valence electrons. The SMILES string of the molecule is C#CCN(CC(O[Si](C)(C)C)C(F)(F)F)C(=O)c1ccc(C)cc1. The van der Waals surface area contributed by atoms with Crippen molar-refractivity contribution in [2.24, 2.45) is 0 Å². The summed E-state index contributed by atoms with van der Waals surface area (Å²) in [5, 5.41) is 0. The smallest absolute Gasteiger partial charge is 0.405 e. The van der Waals surface area contributed by atoms with Gasteiger partial charge in [-0.1, -0.05) is 23.6 Å². The van der Waals surface area contributed by atoms with Crippen LogP contribution in [0.4, 0.5) is 13.2 Å². The molecule has 3 nitrogen and oxygen atoms in total. The molecule has 0 spiro atoms. The van der Waals surface area contributed by atoms with Crippen molar-refractivity contribution in [3.8, 4) is 12.3 Å². The first kappa shape index (κ1) is 20.3. The minimum atomic E-state index is -4.57. The quantitative estimate of drug-likeness (QED) is 0.572. The zero-order valence-electron chi connectivity index (χ0n) is 14.3. The molecule has 0 fully saturated rings. The van der Waals surface area contributed by atoms with Crippen molar-refractivity contribution in [3.05, 3.63) is 35.4 Å². The van der Waals surface area contributed by atoms with Gasteiger partial charge in [0.1, 0.15) is 0 Å². The van der Waals surface area contributed by atoms with Crippen LogP contribution < -0.4 is 0 Å². The Hall–Kier alpha value is -1.78. The Morgan fingerprint density at radius 2 is 1.83 bits per heavy atom. The van der Waals surface area contributed by atoms with E-state index in [-0.39, 0.29) is 6.54 Å². The van der Waals surface area contributed by atoms with Crippen LogP contribution in [0.2, 0.25) is 19.6 Å². The summed E-state index contributed by atoms with van der Waals surface area (Å²) < 4.78 is 45.1. The van der Waals surface area contributed by atoms with Gasteiger partial charge in [-0.3, -0.25) is 4.79 Å². The highest BCUT2D eigenvalue weighted by Gasteiger charge is 2.44. The fourth-order valence-corrected chi connectivity index (χ4v) is 3.10. The fraction of sp³-hybridized carbons (Fsp3) is 0.471. The van der Waals surface area contributed by atoms with E-state index in [9.17, 15) is 18.0 Å². The lowest BCUT2D eigenvalue weighted by molar-refractivity contribution is -0.200. The molecule has 0 aliphatic carbocycles. The number of terminal acetylenes is 1. The van der Waals surface area contributed by atoms with Crippen molar-refractivity contribution >= 4 is 14.2 Å². The molecule has 0 radical (unpaired) electrons. The average molecular weight is 357 g/mol. The third-order valence-electron chi connectivity index (χ3n) is 3.11. The Balaban J connectivity index is 3.03. The van der Waals surface area contributed by atoms with Gasteiger partial charge in [0.15, 0.2) is 14.4 Å². The van der Waals surface area contributed by atoms with Crippen molar-refractivity contribution in [1.82, 2.24) is 4.90 Å². The molecule has 7 heteroatoms. The molecule has 0 bridgehead atoms. The van der Waals surface area contributed by atoms with Crippen molar-refractivity contribution in [1.29, 1.82) is 0 Å². The van der Waals surface area contributed by atoms with E-state index in [4.69, 9.17) is 10.8 Å². The number of aryl methyl sites for hydroxylation is 1. The Labute approximate surface area is 141 Å². The minimum Gasteiger partial charge on any atom is -0.405 e. The molecule has 0 aromatic heterocycles. The molecule has 0 saturated carbocycles. The summed E-state index contributed by atoms with van der Waals surface area (Å²) in [5.74, 6) is 1.70. The van der Waals surface area contributed by atoms with Crippen molar-refractivity contribution in [2.75, 3.05) is 13.1 Å². The molecule has 1 unspecified atom stereocenters. The molecule has 0 heterocycles. The second kappa shape index (κ2) is 7.86. The monoisotopic (exact) mass is 357 g/mol. The molecule has 0 aliphatic heterocycles. The Bertz CT molecular complexity index is 600. The van der Waals surface area contributed by atoms with Gasteiger partial charge in [0.2, 0.25) is 0 Å². The summed E-state index contributed by atoms with van der Waals surface area (Å²) >= 11 is 0. The fourth-order valence-electron chi connectivity index (χ4n) is 2.04. The molecule has 1 atom stereocenters. The predicted octanol–water partition coefficient (Wildman–Crippen LogP) is 3.85. The van der Waals surface area contributed by atoms with Crippen molar-refractivity contribution < 1.29 is 22.4 Å². The molecular weight excluding hydrogens is 335 g/mol. The summed E-state index contributed by atoms with van der Waals surface area (Å²) in [4.78, 5) is 13.5. The number of benzene rings is 1. The second-order valence-corrected chi connectivity index (χ2v) is 11.0. The van der Waals surface area contributed by atoms with E-state index in [1.54, 1.807) is 43.9 Å². The van der Waals surface area contributed by atoms with Crippen LogP contribution in [0, 0.1) is 19.3 Å². The zero-order chi connectivity index (χ0) is 18.5. The molecule has 1 amide bonds. The number of halogens is 3. The van der Waals surface area contributed by atoms with E-state index in [1.165, 1.54) is 0 Å². The topological polar surface area (TPSA) is 29.5 Å². The molecular formula is C17H22F3NO2Si. The van der Waals surface area contributed by atoms with E-state index in [0.717, 1.165) is 10.5 Å². The van der Waals surface area contributed by atoms with Gasteiger partial charge < -0.3 is 9.33 Å². The molecule has 0 N–H and O–H groups in total. The van der Waals surface area contributed by atoms with Crippen LogP contribution in [0.15, 0.2) is 24.3 Å². The van der Waals surface area contributed by atoms with E-state index < -0.39 is 33.0 Å². The molecule has 1 aromatic carbocycles. The molecule has 1 aromatic rings. The van der Waals surface area contributed by atoms with Crippen molar-refractivity contribution in [3.63, 3.8) is 0 Å². The van der Waals surface area contributed by atoms with Gasteiger partial charge in [-0.05, 0) is 38.7 Å². The lowest BCUT2D eigenvalue weighted by atomic mass is 10.1. The van der Waals surface area contributed by atoms with Gasteiger partial charge in [0.05, 0.1) is 13.1 Å². The molecule has 0 aliphatic rings. The minimum absolute atomic E-state index is 0.214. The maximum atomic E-state index is 13.3. The van der Waals surface area contributed by atoms with Gasteiger partial charge in [-0.15, -0.1) is 6.42 Å². The second-order valence-electron chi connectivity index (χ2n) is 6.52. The molecule has 24 heavy (non-hydrogen) atoms. The Morgan fingerprint density at radius 3 is 2.25 bits per heavy atom. The number of hydrogen-bond acceptors (Lipinski definition) is 2. The number of nitrogens with zero attached hydrogens (tertiary/aromatic N) is 1. The lowest BCUT2D eigenvalue weighted by Gasteiger charge is -2.32. The third kappa shape index (κ3) is 6.38. The number of amides is 1. The molecule has 1 rings (SSSR count). The van der Waals surface area contributed by atoms with Crippen LogP contribution in [0.25, 0.3) is 0 Å². The summed E-state index contributed by atoms with van der Waals surface area (Å²) in [5.41, 5.74) is 1.25. The maximum Gasteiger partial charge on any atom is 0.415 e. The van der Waals surface area contributed by atoms with Gasteiger partial charge in [0, 0.05) is 5.56 Å². The van der Waals surface area contributed by atoms with Gasteiger partial charge in [-0.25, -0.2) is 0 Å². The van der Waals surface area contributed by atoms with E-state index in [1.807, 2.05) is 6.92 Å². The van der Waals surface area contributed by atoms with E-state index in [0.29, 0.717) is 5.56 Å².